The van der Waals surface area contributed by atoms with E-state index >= 15 is 0 Å². The van der Waals surface area contributed by atoms with Gasteiger partial charge in [-0.2, -0.15) is 0 Å². The number of benzene rings is 1. The van der Waals surface area contributed by atoms with Crippen molar-refractivity contribution < 1.29 is 14.3 Å². The number of rotatable bonds is 5. The topological polar surface area (TPSA) is 77.9 Å². The molecule has 1 aliphatic heterocycles. The standard InChI is InChI=1S/C16H15N3O3S/c1-18-16(17,8-12-3-2-6-23-12)15(20)19-9-11-4-5-13-14(7-11)22-10-21-13/h1-7H,8-10,17H2/p+1/t16-/m1/s1. The summed E-state index contributed by atoms with van der Waals surface area (Å²) in [5, 5.41) is 4.68. The Morgan fingerprint density at radius 2 is 2.22 bits per heavy atom. The first-order chi connectivity index (χ1) is 11.1. The monoisotopic (exact) mass is 330 g/mol. The average molecular weight is 330 g/mol. The number of ether oxygens (including phenoxy) is 2. The molecule has 23 heavy (non-hydrogen) atoms. The SMILES string of the molecule is C#[N+][C@](N)(Cc1cccs1)C(=O)NCc1ccc2c(c1)OCO2. The Kier molecular flexibility index (Phi) is 4.19. The van der Waals surface area contributed by atoms with Gasteiger partial charge in [-0.1, -0.05) is 17.0 Å². The van der Waals surface area contributed by atoms with E-state index in [1.165, 1.54) is 11.3 Å². The third kappa shape index (κ3) is 3.28. The highest BCUT2D eigenvalue weighted by molar-refractivity contribution is 7.09. The highest BCUT2D eigenvalue weighted by atomic mass is 32.1. The van der Waals surface area contributed by atoms with Gasteiger partial charge in [0.2, 0.25) is 6.79 Å². The first kappa shape index (κ1) is 15.3. The van der Waals surface area contributed by atoms with Crippen molar-refractivity contribution >= 4 is 17.2 Å². The Bertz CT molecular complexity index is 754. The van der Waals surface area contributed by atoms with Crippen LogP contribution in [0, 0.1) is 6.57 Å². The van der Waals surface area contributed by atoms with Gasteiger partial charge in [0.05, 0.1) is 6.42 Å². The number of nitrogens with zero attached hydrogens (tertiary/aromatic N) is 1. The molecule has 3 rings (SSSR count). The maximum Gasteiger partial charge on any atom is 0.414 e. The van der Waals surface area contributed by atoms with Gasteiger partial charge in [0.15, 0.2) is 11.5 Å². The summed E-state index contributed by atoms with van der Waals surface area (Å²) in [5.74, 6) is 0.937. The van der Waals surface area contributed by atoms with E-state index in [9.17, 15) is 4.79 Å². The van der Waals surface area contributed by atoms with Gasteiger partial charge in [0.1, 0.15) is 0 Å². The predicted molar refractivity (Wildman–Crippen MR) is 87.7 cm³/mol. The molecule has 0 radical (unpaired) electrons. The van der Waals surface area contributed by atoms with E-state index in [-0.39, 0.29) is 13.2 Å². The summed E-state index contributed by atoms with van der Waals surface area (Å²) in [4.78, 5) is 16.9. The summed E-state index contributed by atoms with van der Waals surface area (Å²) in [7, 11) is 0. The number of nitrogens with two attached hydrogens (primary N) is 1. The van der Waals surface area contributed by atoms with Crippen LogP contribution in [-0.4, -0.2) is 18.4 Å². The molecule has 6 nitrogen and oxygen atoms in total. The Morgan fingerprint density at radius 1 is 1.39 bits per heavy atom. The lowest BCUT2D eigenvalue weighted by Crippen LogP contribution is -2.52. The number of carbonyl (C=O) groups excluding carboxylic acids is 1. The molecule has 7 heteroatoms. The fourth-order valence-electron chi connectivity index (χ4n) is 2.25. The van der Waals surface area contributed by atoms with Crippen molar-refractivity contribution in [2.45, 2.75) is 18.6 Å². The lowest BCUT2D eigenvalue weighted by molar-refractivity contribution is -0.125. The number of fused-ring (bicyclic) bond motifs is 1. The summed E-state index contributed by atoms with van der Waals surface area (Å²) in [6.45, 7) is 5.89. The first-order valence-corrected chi connectivity index (χ1v) is 7.89. The molecule has 1 amide bonds. The van der Waals surface area contributed by atoms with Crippen molar-refractivity contribution in [3.63, 3.8) is 0 Å². The van der Waals surface area contributed by atoms with Gasteiger partial charge in [0, 0.05) is 11.4 Å². The average Bonchev–Trinajstić information content (AvgIpc) is 3.23. The van der Waals surface area contributed by atoms with Gasteiger partial charge in [-0.3, -0.25) is 4.79 Å². The molecule has 3 N–H and O–H groups in total. The normalized spacial score (nSPS) is 14.8. The zero-order valence-electron chi connectivity index (χ0n) is 12.3. The van der Waals surface area contributed by atoms with Crippen molar-refractivity contribution in [2.24, 2.45) is 5.73 Å². The zero-order chi connectivity index (χ0) is 16.3. The molecule has 0 saturated heterocycles. The van der Waals surface area contributed by atoms with Gasteiger partial charge in [-0.25, -0.2) is 5.73 Å². The molecule has 1 aromatic carbocycles. The van der Waals surface area contributed by atoms with E-state index in [1.54, 1.807) is 6.07 Å². The lowest BCUT2D eigenvalue weighted by Gasteiger charge is -2.12. The number of thiophene rings is 1. The van der Waals surface area contributed by atoms with E-state index in [0.29, 0.717) is 18.0 Å². The zero-order valence-corrected chi connectivity index (χ0v) is 13.1. The van der Waals surface area contributed by atoms with Crippen LogP contribution < -0.4 is 20.5 Å². The summed E-state index contributed by atoms with van der Waals surface area (Å²) < 4.78 is 10.6. The van der Waals surface area contributed by atoms with E-state index in [0.717, 1.165) is 10.4 Å². The van der Waals surface area contributed by atoms with Crippen LogP contribution in [-0.2, 0) is 17.8 Å². The van der Waals surface area contributed by atoms with Gasteiger partial charge in [-0.15, -0.1) is 11.3 Å². The molecular weight excluding hydrogens is 314 g/mol. The molecule has 0 aliphatic carbocycles. The molecule has 118 valence electrons. The molecule has 0 fully saturated rings. The van der Waals surface area contributed by atoms with Crippen LogP contribution >= 0.6 is 11.3 Å². The molecule has 0 saturated carbocycles. The maximum absolute atomic E-state index is 12.4. The fraction of sp³-hybridized carbons (Fsp3) is 0.250. The predicted octanol–water partition coefficient (Wildman–Crippen LogP) is 1.95. The van der Waals surface area contributed by atoms with Crippen molar-refractivity contribution in [1.29, 1.82) is 0 Å². The van der Waals surface area contributed by atoms with Crippen LogP contribution in [0.15, 0.2) is 35.7 Å². The number of amides is 1. The smallest absolute Gasteiger partial charge is 0.414 e. The largest absolute Gasteiger partial charge is 0.454 e. The second-order valence-electron chi connectivity index (χ2n) is 5.18. The Morgan fingerprint density at radius 3 is 2.96 bits per heavy atom. The summed E-state index contributed by atoms with van der Waals surface area (Å²) in [5.41, 5.74) is 5.43. The molecule has 1 aliphatic rings. The summed E-state index contributed by atoms with van der Waals surface area (Å²) >= 11 is 1.50. The molecule has 1 aromatic heterocycles. The highest BCUT2D eigenvalue weighted by Crippen LogP contribution is 2.32. The van der Waals surface area contributed by atoms with E-state index in [1.807, 2.05) is 29.6 Å². The number of hydrogen-bond acceptors (Lipinski definition) is 5. The number of carbonyl (C=O) groups is 1. The quantitative estimate of drug-likeness (QED) is 0.878. The minimum Gasteiger partial charge on any atom is -0.454 e. The van der Waals surface area contributed by atoms with Crippen LogP contribution in [0.25, 0.3) is 4.85 Å². The van der Waals surface area contributed by atoms with Crippen LogP contribution in [0.1, 0.15) is 10.4 Å². The molecule has 2 heterocycles. The van der Waals surface area contributed by atoms with Crippen molar-refractivity contribution in [3.05, 3.63) is 51.0 Å². The van der Waals surface area contributed by atoms with E-state index < -0.39 is 11.6 Å². The first-order valence-electron chi connectivity index (χ1n) is 7.01. The van der Waals surface area contributed by atoms with Gasteiger partial charge in [-0.05, 0) is 29.1 Å². The Hall–Kier alpha value is -2.56. The Balaban J connectivity index is 1.64. The molecule has 1 atom stereocenters. The van der Waals surface area contributed by atoms with Crippen LogP contribution in [0.4, 0.5) is 0 Å². The summed E-state index contributed by atoms with van der Waals surface area (Å²) in [6.07, 6.45) is 0.258. The number of nitrogens with one attached hydrogen (secondary N) is 1. The van der Waals surface area contributed by atoms with Crippen molar-refractivity contribution in [1.82, 2.24) is 5.32 Å². The molecule has 0 spiro atoms. The molecule has 0 unspecified atom stereocenters. The second-order valence-corrected chi connectivity index (χ2v) is 6.21. The third-order valence-electron chi connectivity index (χ3n) is 3.54. The summed E-state index contributed by atoms with van der Waals surface area (Å²) in [6, 6.07) is 9.26. The fourth-order valence-corrected chi connectivity index (χ4v) is 3.04. The maximum atomic E-state index is 12.4. The highest BCUT2D eigenvalue weighted by Gasteiger charge is 2.45. The van der Waals surface area contributed by atoms with Gasteiger partial charge >= 0.3 is 11.6 Å². The van der Waals surface area contributed by atoms with Crippen molar-refractivity contribution in [2.75, 3.05) is 6.79 Å². The minimum atomic E-state index is -1.48. The second kappa shape index (κ2) is 6.28. The Labute approximate surface area is 137 Å². The van der Waals surface area contributed by atoms with Gasteiger partial charge < -0.3 is 14.8 Å². The van der Waals surface area contributed by atoms with E-state index in [2.05, 4.69) is 10.2 Å². The third-order valence-corrected chi connectivity index (χ3v) is 4.41. The van der Waals surface area contributed by atoms with Crippen LogP contribution in [0.5, 0.6) is 11.5 Å². The van der Waals surface area contributed by atoms with E-state index in [4.69, 9.17) is 21.8 Å². The minimum absolute atomic E-state index is 0.212. The molecular formula is C16H16N3O3S+. The van der Waals surface area contributed by atoms with Crippen LogP contribution in [0.3, 0.4) is 0 Å². The lowest BCUT2D eigenvalue weighted by atomic mass is 10.1. The molecule has 0 bridgehead atoms. The molecule has 2 aromatic rings. The van der Waals surface area contributed by atoms with Gasteiger partial charge in [0.25, 0.3) is 6.57 Å². The van der Waals surface area contributed by atoms with Crippen molar-refractivity contribution in [3.8, 4) is 18.1 Å². The van der Waals surface area contributed by atoms with Crippen LogP contribution in [0.2, 0.25) is 0 Å². The number of hydrogen-bond donors (Lipinski definition) is 2.